The van der Waals surface area contributed by atoms with Crippen molar-refractivity contribution in [2.75, 3.05) is 6.61 Å². The Morgan fingerprint density at radius 1 is 1.83 bits per heavy atom. The molecule has 0 aliphatic carbocycles. The molecule has 0 aromatic carbocycles. The molecule has 0 amide bonds. The summed E-state index contributed by atoms with van der Waals surface area (Å²) in [4.78, 5) is 11.2. The lowest BCUT2D eigenvalue weighted by Gasteiger charge is -1.99. The zero-order valence-corrected chi connectivity index (χ0v) is 9.03. The molecule has 0 saturated carbocycles. The number of carbonyl (C=O) groups excluding carboxylic acids is 1. The SMILES string of the molecule is CCOC(=O)c1cc(I)nn1C. The van der Waals surface area contributed by atoms with Gasteiger partial charge >= 0.3 is 5.97 Å². The van der Waals surface area contributed by atoms with Crippen LogP contribution in [0.25, 0.3) is 0 Å². The number of carbonyl (C=O) groups is 1. The van der Waals surface area contributed by atoms with Gasteiger partial charge in [0.05, 0.1) is 6.61 Å². The van der Waals surface area contributed by atoms with Crippen molar-refractivity contribution >= 4 is 28.6 Å². The van der Waals surface area contributed by atoms with E-state index >= 15 is 0 Å². The van der Waals surface area contributed by atoms with Crippen molar-refractivity contribution in [3.05, 3.63) is 15.5 Å². The Kier molecular flexibility index (Phi) is 3.07. The molecular weight excluding hydrogens is 271 g/mol. The highest BCUT2D eigenvalue weighted by Crippen LogP contribution is 2.06. The van der Waals surface area contributed by atoms with Crippen LogP contribution in [0.5, 0.6) is 0 Å². The van der Waals surface area contributed by atoms with Crippen molar-refractivity contribution in [2.45, 2.75) is 6.92 Å². The van der Waals surface area contributed by atoms with E-state index in [4.69, 9.17) is 4.74 Å². The van der Waals surface area contributed by atoms with Gasteiger partial charge in [-0.3, -0.25) is 4.68 Å². The first-order valence-corrected chi connectivity index (χ1v) is 4.59. The predicted molar refractivity (Wildman–Crippen MR) is 51.9 cm³/mol. The van der Waals surface area contributed by atoms with Crippen LogP contribution in [0.1, 0.15) is 17.4 Å². The summed E-state index contributed by atoms with van der Waals surface area (Å²) in [5, 5.41) is 4.02. The molecule has 12 heavy (non-hydrogen) atoms. The van der Waals surface area contributed by atoms with Gasteiger partial charge in [-0.25, -0.2) is 4.79 Å². The van der Waals surface area contributed by atoms with E-state index in [1.807, 2.05) is 22.6 Å². The van der Waals surface area contributed by atoms with Gasteiger partial charge in [0.1, 0.15) is 9.39 Å². The van der Waals surface area contributed by atoms with Crippen molar-refractivity contribution in [3.8, 4) is 0 Å². The Bertz CT molecular complexity index is 296. The Morgan fingerprint density at radius 2 is 2.50 bits per heavy atom. The molecule has 1 rings (SSSR count). The molecule has 0 saturated heterocycles. The zero-order chi connectivity index (χ0) is 9.14. The summed E-state index contributed by atoms with van der Waals surface area (Å²) < 4.78 is 7.12. The van der Waals surface area contributed by atoms with Crippen LogP contribution >= 0.6 is 22.6 Å². The lowest BCUT2D eigenvalue weighted by molar-refractivity contribution is 0.0513. The highest BCUT2D eigenvalue weighted by molar-refractivity contribution is 14.1. The van der Waals surface area contributed by atoms with E-state index in [2.05, 4.69) is 5.10 Å². The van der Waals surface area contributed by atoms with Crippen LogP contribution in [0, 0.1) is 3.70 Å². The summed E-state index contributed by atoms with van der Waals surface area (Å²) in [6, 6.07) is 1.69. The van der Waals surface area contributed by atoms with Crippen LogP contribution in [0.15, 0.2) is 6.07 Å². The zero-order valence-electron chi connectivity index (χ0n) is 6.87. The molecule has 0 aliphatic heterocycles. The topological polar surface area (TPSA) is 44.1 Å². The van der Waals surface area contributed by atoms with E-state index in [0.717, 1.165) is 3.70 Å². The number of esters is 1. The molecule has 0 N–H and O–H groups in total. The summed E-state index contributed by atoms with van der Waals surface area (Å²) in [6.07, 6.45) is 0. The van der Waals surface area contributed by atoms with Gasteiger partial charge in [0.25, 0.3) is 0 Å². The van der Waals surface area contributed by atoms with Gasteiger partial charge < -0.3 is 4.74 Å². The Morgan fingerprint density at radius 3 is 2.92 bits per heavy atom. The first kappa shape index (κ1) is 9.50. The molecule has 1 aromatic rings. The maximum atomic E-state index is 11.2. The summed E-state index contributed by atoms with van der Waals surface area (Å²) >= 11 is 2.05. The minimum Gasteiger partial charge on any atom is -0.461 e. The van der Waals surface area contributed by atoms with E-state index in [1.165, 1.54) is 4.68 Å². The van der Waals surface area contributed by atoms with Gasteiger partial charge in [0.2, 0.25) is 0 Å². The van der Waals surface area contributed by atoms with Crippen LogP contribution in [-0.4, -0.2) is 22.4 Å². The van der Waals surface area contributed by atoms with E-state index in [-0.39, 0.29) is 5.97 Å². The van der Waals surface area contributed by atoms with Gasteiger partial charge in [-0.15, -0.1) is 0 Å². The van der Waals surface area contributed by atoms with Gasteiger partial charge in [-0.1, -0.05) is 0 Å². The third-order valence-corrected chi connectivity index (χ3v) is 1.86. The Labute approximate surface area is 84.0 Å². The third kappa shape index (κ3) is 1.96. The standard InChI is InChI=1S/C7H9IN2O2/c1-3-12-7(11)5-4-6(8)9-10(5)2/h4H,3H2,1-2H3. The molecule has 0 fully saturated rings. The van der Waals surface area contributed by atoms with Crippen LogP contribution in [0.4, 0.5) is 0 Å². The Balaban J connectivity index is 2.87. The maximum Gasteiger partial charge on any atom is 0.356 e. The molecule has 1 aromatic heterocycles. The molecule has 0 bridgehead atoms. The number of aryl methyl sites for hydroxylation is 1. The maximum absolute atomic E-state index is 11.2. The highest BCUT2D eigenvalue weighted by Gasteiger charge is 2.12. The van der Waals surface area contributed by atoms with Crippen LogP contribution < -0.4 is 0 Å². The van der Waals surface area contributed by atoms with Crippen LogP contribution in [0.3, 0.4) is 0 Å². The molecule has 1 heterocycles. The van der Waals surface area contributed by atoms with E-state index in [1.54, 1.807) is 20.0 Å². The molecular formula is C7H9IN2O2. The monoisotopic (exact) mass is 280 g/mol. The van der Waals surface area contributed by atoms with Gasteiger partial charge in [0.15, 0.2) is 0 Å². The van der Waals surface area contributed by atoms with Crippen LogP contribution in [-0.2, 0) is 11.8 Å². The quantitative estimate of drug-likeness (QED) is 0.604. The first-order valence-electron chi connectivity index (χ1n) is 3.51. The van der Waals surface area contributed by atoms with Crippen molar-refractivity contribution in [1.29, 1.82) is 0 Å². The summed E-state index contributed by atoms with van der Waals surface area (Å²) in [5.74, 6) is -0.324. The average Bonchev–Trinajstić information content (AvgIpc) is 2.30. The minimum atomic E-state index is -0.324. The van der Waals surface area contributed by atoms with Crippen molar-refractivity contribution < 1.29 is 9.53 Å². The second-order valence-corrected chi connectivity index (χ2v) is 3.30. The lowest BCUT2D eigenvalue weighted by atomic mass is 10.4. The van der Waals surface area contributed by atoms with Gasteiger partial charge in [-0.2, -0.15) is 5.10 Å². The molecule has 4 nitrogen and oxygen atoms in total. The van der Waals surface area contributed by atoms with Crippen LogP contribution in [0.2, 0.25) is 0 Å². The number of nitrogens with zero attached hydrogens (tertiary/aromatic N) is 2. The van der Waals surface area contributed by atoms with Crippen molar-refractivity contribution in [2.24, 2.45) is 7.05 Å². The fourth-order valence-corrected chi connectivity index (χ4v) is 1.45. The molecule has 0 aliphatic rings. The molecule has 0 spiro atoms. The normalized spacial score (nSPS) is 9.92. The minimum absolute atomic E-state index is 0.324. The molecule has 0 unspecified atom stereocenters. The summed E-state index contributed by atoms with van der Waals surface area (Å²) in [7, 11) is 1.72. The van der Waals surface area contributed by atoms with Crippen molar-refractivity contribution in [1.82, 2.24) is 9.78 Å². The van der Waals surface area contributed by atoms with Gasteiger partial charge in [-0.05, 0) is 29.5 Å². The molecule has 0 atom stereocenters. The number of ether oxygens (including phenoxy) is 1. The average molecular weight is 280 g/mol. The summed E-state index contributed by atoms with van der Waals surface area (Å²) in [5.41, 5.74) is 0.487. The predicted octanol–water partition coefficient (Wildman–Crippen LogP) is 1.20. The second kappa shape index (κ2) is 3.88. The number of halogens is 1. The first-order chi connectivity index (χ1) is 5.65. The number of rotatable bonds is 2. The Hall–Kier alpha value is -0.590. The molecule has 0 radical (unpaired) electrons. The number of hydrogen-bond donors (Lipinski definition) is 0. The fourth-order valence-electron chi connectivity index (χ4n) is 0.828. The van der Waals surface area contributed by atoms with Crippen molar-refractivity contribution in [3.63, 3.8) is 0 Å². The second-order valence-electron chi connectivity index (χ2n) is 2.20. The summed E-state index contributed by atoms with van der Waals surface area (Å²) in [6.45, 7) is 2.17. The van der Waals surface area contributed by atoms with E-state index in [0.29, 0.717) is 12.3 Å². The number of hydrogen-bond acceptors (Lipinski definition) is 3. The van der Waals surface area contributed by atoms with E-state index in [9.17, 15) is 4.79 Å². The number of aromatic nitrogens is 2. The molecule has 5 heteroatoms. The smallest absolute Gasteiger partial charge is 0.356 e. The highest BCUT2D eigenvalue weighted by atomic mass is 127. The largest absolute Gasteiger partial charge is 0.461 e. The molecule has 66 valence electrons. The van der Waals surface area contributed by atoms with Gasteiger partial charge in [0, 0.05) is 13.1 Å². The van der Waals surface area contributed by atoms with E-state index < -0.39 is 0 Å². The lowest BCUT2D eigenvalue weighted by Crippen LogP contribution is -2.10. The fraction of sp³-hybridized carbons (Fsp3) is 0.429. The third-order valence-electron chi connectivity index (χ3n) is 1.33.